The molecule has 2 rings (SSSR count). The zero-order valence-electron chi connectivity index (χ0n) is 15.6. The van der Waals surface area contributed by atoms with Crippen LogP contribution in [0, 0.1) is 5.41 Å². The summed E-state index contributed by atoms with van der Waals surface area (Å²) in [6.45, 7) is 7.51. The van der Waals surface area contributed by atoms with E-state index in [0.29, 0.717) is 31.8 Å². The number of ether oxygens (including phenoxy) is 1. The van der Waals surface area contributed by atoms with E-state index in [9.17, 15) is 14.7 Å². The Balaban J connectivity index is 2.25. The first-order chi connectivity index (χ1) is 11.7. The standard InChI is InChI=1S/C18H29N3O4/c1-17(2,3)14-10-13(19-16(24)20-14)15(23)21-8-5-6-18(11-21,12-22)7-9-25-4/h10,22H,5-9,11-12H2,1-4H3,(H,19,20,24)/t18-/m1/s1. The highest BCUT2D eigenvalue weighted by Gasteiger charge is 2.37. The summed E-state index contributed by atoms with van der Waals surface area (Å²) < 4.78 is 5.15. The lowest BCUT2D eigenvalue weighted by Gasteiger charge is -2.41. The molecule has 1 fully saturated rings. The Labute approximate surface area is 148 Å². The Morgan fingerprint density at radius 3 is 2.80 bits per heavy atom. The van der Waals surface area contributed by atoms with Gasteiger partial charge >= 0.3 is 5.69 Å². The molecule has 0 aliphatic carbocycles. The molecule has 2 N–H and O–H groups in total. The third-order valence-corrected chi connectivity index (χ3v) is 4.89. The summed E-state index contributed by atoms with van der Waals surface area (Å²) >= 11 is 0. The van der Waals surface area contributed by atoms with E-state index in [1.54, 1.807) is 18.1 Å². The topological polar surface area (TPSA) is 95.5 Å². The number of aliphatic hydroxyl groups is 1. The van der Waals surface area contributed by atoms with Gasteiger partial charge in [0.2, 0.25) is 0 Å². The highest BCUT2D eigenvalue weighted by Crippen LogP contribution is 2.33. The molecule has 0 radical (unpaired) electrons. The molecule has 140 valence electrons. The van der Waals surface area contributed by atoms with Crippen molar-refractivity contribution < 1.29 is 14.6 Å². The monoisotopic (exact) mass is 351 g/mol. The van der Waals surface area contributed by atoms with Gasteiger partial charge in [-0.3, -0.25) is 4.79 Å². The lowest BCUT2D eigenvalue weighted by atomic mass is 9.78. The number of hydrogen-bond acceptors (Lipinski definition) is 5. The number of carbonyl (C=O) groups is 1. The van der Waals surface area contributed by atoms with Gasteiger partial charge in [-0.2, -0.15) is 4.98 Å². The maximum absolute atomic E-state index is 12.9. The van der Waals surface area contributed by atoms with Gasteiger partial charge in [-0.05, 0) is 25.3 Å². The van der Waals surface area contributed by atoms with Gasteiger partial charge in [-0.25, -0.2) is 4.79 Å². The molecule has 0 spiro atoms. The number of aromatic amines is 1. The Hall–Kier alpha value is -1.73. The van der Waals surface area contributed by atoms with Crippen LogP contribution in [-0.4, -0.2) is 59.3 Å². The number of aliphatic hydroxyl groups excluding tert-OH is 1. The summed E-state index contributed by atoms with van der Waals surface area (Å²) in [6, 6.07) is 1.66. The third kappa shape index (κ3) is 4.67. The van der Waals surface area contributed by atoms with Crippen molar-refractivity contribution in [1.29, 1.82) is 0 Å². The number of nitrogens with one attached hydrogen (secondary N) is 1. The van der Waals surface area contributed by atoms with Crippen LogP contribution in [0.1, 0.15) is 56.2 Å². The molecule has 1 aliphatic heterocycles. The number of carbonyl (C=O) groups excluding carboxylic acids is 1. The van der Waals surface area contributed by atoms with Crippen molar-refractivity contribution in [3.8, 4) is 0 Å². The number of piperidine rings is 1. The molecule has 1 aromatic rings. The van der Waals surface area contributed by atoms with E-state index in [4.69, 9.17) is 4.74 Å². The van der Waals surface area contributed by atoms with Crippen LogP contribution in [0.2, 0.25) is 0 Å². The Kier molecular flexibility index (Phi) is 6.00. The summed E-state index contributed by atoms with van der Waals surface area (Å²) in [7, 11) is 1.63. The lowest BCUT2D eigenvalue weighted by Crippen LogP contribution is -2.48. The molecular weight excluding hydrogens is 322 g/mol. The average molecular weight is 351 g/mol. The molecule has 0 aromatic carbocycles. The minimum absolute atomic E-state index is 0.0101. The van der Waals surface area contributed by atoms with E-state index in [1.165, 1.54) is 0 Å². The summed E-state index contributed by atoms with van der Waals surface area (Å²) in [5.41, 5.74) is -0.306. The van der Waals surface area contributed by atoms with E-state index >= 15 is 0 Å². The number of amides is 1. The fraction of sp³-hybridized carbons (Fsp3) is 0.722. The van der Waals surface area contributed by atoms with Gasteiger partial charge in [0.05, 0.1) is 6.61 Å². The minimum atomic E-state index is -0.513. The molecule has 0 saturated carbocycles. The number of rotatable bonds is 5. The molecule has 25 heavy (non-hydrogen) atoms. The van der Waals surface area contributed by atoms with Crippen molar-refractivity contribution in [2.24, 2.45) is 5.41 Å². The lowest BCUT2D eigenvalue weighted by molar-refractivity contribution is 0.00870. The first kappa shape index (κ1) is 19.6. The summed E-state index contributed by atoms with van der Waals surface area (Å²) in [5, 5.41) is 9.87. The van der Waals surface area contributed by atoms with Crippen molar-refractivity contribution in [3.05, 3.63) is 27.9 Å². The molecule has 0 bridgehead atoms. The van der Waals surface area contributed by atoms with E-state index in [-0.39, 0.29) is 29.0 Å². The second kappa shape index (κ2) is 7.66. The number of aromatic nitrogens is 2. The third-order valence-electron chi connectivity index (χ3n) is 4.89. The summed E-state index contributed by atoms with van der Waals surface area (Å²) in [4.78, 5) is 33.1. The van der Waals surface area contributed by atoms with Crippen LogP contribution in [0.4, 0.5) is 0 Å². The Morgan fingerprint density at radius 1 is 1.48 bits per heavy atom. The van der Waals surface area contributed by atoms with E-state index in [0.717, 1.165) is 12.8 Å². The maximum atomic E-state index is 12.9. The highest BCUT2D eigenvalue weighted by molar-refractivity contribution is 5.92. The fourth-order valence-electron chi connectivity index (χ4n) is 3.25. The SMILES string of the molecule is COCC[C@]1(CO)CCCN(C(=O)c2cc(C(C)(C)C)[nH]c(=O)n2)C1. The molecule has 1 aromatic heterocycles. The van der Waals surface area contributed by atoms with Crippen molar-refractivity contribution in [3.63, 3.8) is 0 Å². The smallest absolute Gasteiger partial charge is 0.345 e. The van der Waals surface area contributed by atoms with Gasteiger partial charge in [-0.15, -0.1) is 0 Å². The highest BCUT2D eigenvalue weighted by atomic mass is 16.5. The zero-order valence-corrected chi connectivity index (χ0v) is 15.6. The van der Waals surface area contributed by atoms with Gasteiger partial charge in [0.1, 0.15) is 5.69 Å². The molecule has 7 nitrogen and oxygen atoms in total. The van der Waals surface area contributed by atoms with Gasteiger partial charge in [-0.1, -0.05) is 20.8 Å². The van der Waals surface area contributed by atoms with E-state index in [2.05, 4.69) is 9.97 Å². The number of methoxy groups -OCH3 is 1. The van der Waals surface area contributed by atoms with Gasteiger partial charge < -0.3 is 19.7 Å². The number of nitrogens with zero attached hydrogens (tertiary/aromatic N) is 2. The van der Waals surface area contributed by atoms with Crippen molar-refractivity contribution in [2.45, 2.75) is 45.4 Å². The minimum Gasteiger partial charge on any atom is -0.396 e. The molecule has 7 heteroatoms. The van der Waals surface area contributed by atoms with Crippen LogP contribution >= 0.6 is 0 Å². The molecule has 1 amide bonds. The van der Waals surface area contributed by atoms with Crippen LogP contribution < -0.4 is 5.69 Å². The summed E-state index contributed by atoms with van der Waals surface area (Å²) in [6.07, 6.45) is 2.36. The van der Waals surface area contributed by atoms with Crippen molar-refractivity contribution in [1.82, 2.24) is 14.9 Å². The fourth-order valence-corrected chi connectivity index (χ4v) is 3.25. The largest absolute Gasteiger partial charge is 0.396 e. The van der Waals surface area contributed by atoms with Gasteiger partial charge in [0.15, 0.2) is 0 Å². The second-order valence-electron chi connectivity index (χ2n) is 7.97. The summed E-state index contributed by atoms with van der Waals surface area (Å²) in [5.74, 6) is -0.258. The Bertz CT molecular complexity index is 665. The van der Waals surface area contributed by atoms with Crippen LogP contribution in [0.15, 0.2) is 10.9 Å². The molecule has 1 atom stereocenters. The number of H-pyrrole nitrogens is 1. The predicted molar refractivity (Wildman–Crippen MR) is 94.7 cm³/mol. The normalized spacial score (nSPS) is 21.4. The van der Waals surface area contributed by atoms with E-state index < -0.39 is 5.69 Å². The van der Waals surface area contributed by atoms with Crippen LogP contribution in [0.3, 0.4) is 0 Å². The quantitative estimate of drug-likeness (QED) is 0.834. The number of likely N-dealkylation sites (tertiary alicyclic amines) is 1. The molecule has 1 saturated heterocycles. The number of hydrogen-bond donors (Lipinski definition) is 2. The van der Waals surface area contributed by atoms with Crippen LogP contribution in [-0.2, 0) is 10.2 Å². The van der Waals surface area contributed by atoms with E-state index in [1.807, 2.05) is 20.8 Å². The second-order valence-corrected chi connectivity index (χ2v) is 7.97. The first-order valence-corrected chi connectivity index (χ1v) is 8.72. The molecule has 0 unspecified atom stereocenters. The van der Waals surface area contributed by atoms with Crippen molar-refractivity contribution >= 4 is 5.91 Å². The van der Waals surface area contributed by atoms with Gasteiger partial charge in [0.25, 0.3) is 5.91 Å². The zero-order chi connectivity index (χ0) is 18.7. The van der Waals surface area contributed by atoms with Gasteiger partial charge in [0, 0.05) is 43.3 Å². The maximum Gasteiger partial charge on any atom is 0.345 e. The predicted octanol–water partition coefficient (Wildman–Crippen LogP) is 1.32. The molecule has 2 heterocycles. The molecule has 1 aliphatic rings. The van der Waals surface area contributed by atoms with Crippen LogP contribution in [0.25, 0.3) is 0 Å². The average Bonchev–Trinajstić information content (AvgIpc) is 2.58. The van der Waals surface area contributed by atoms with Crippen molar-refractivity contribution in [2.75, 3.05) is 33.4 Å². The first-order valence-electron chi connectivity index (χ1n) is 8.72. The molecular formula is C18H29N3O4. The van der Waals surface area contributed by atoms with Crippen LogP contribution in [0.5, 0.6) is 0 Å². The Morgan fingerprint density at radius 2 is 2.20 bits per heavy atom.